The summed E-state index contributed by atoms with van der Waals surface area (Å²) in [4.78, 5) is 13.1. The fourth-order valence-corrected chi connectivity index (χ4v) is 1.86. The summed E-state index contributed by atoms with van der Waals surface area (Å²) in [6.07, 6.45) is -4.31. The van der Waals surface area contributed by atoms with Gasteiger partial charge in [-0.15, -0.1) is 11.8 Å². The number of benzene rings is 1. The topological polar surface area (TPSA) is 20.3 Å². The lowest BCUT2D eigenvalue weighted by Gasteiger charge is -2.14. The van der Waals surface area contributed by atoms with Crippen LogP contribution in [0, 0.1) is 0 Å². The van der Waals surface area contributed by atoms with Crippen LogP contribution >= 0.6 is 11.8 Å². The van der Waals surface area contributed by atoms with Gasteiger partial charge in [0.1, 0.15) is 0 Å². The normalized spacial score (nSPS) is 11.4. The van der Waals surface area contributed by atoms with Gasteiger partial charge in [-0.05, 0) is 24.3 Å². The fraction of sp³-hybridized carbons (Fsp3) is 0.364. The summed E-state index contributed by atoms with van der Waals surface area (Å²) in [5, 5.41) is 0. The lowest BCUT2D eigenvalue weighted by molar-refractivity contribution is -0.137. The minimum Gasteiger partial charge on any atom is -0.336 e. The van der Waals surface area contributed by atoms with Crippen LogP contribution in [0.25, 0.3) is 0 Å². The Kier molecular flexibility index (Phi) is 4.45. The molecule has 1 aromatic rings. The molecule has 0 N–H and O–H groups in total. The number of rotatable bonds is 3. The number of carbonyl (C=O) groups is 1. The van der Waals surface area contributed by atoms with E-state index in [0.717, 1.165) is 12.1 Å². The van der Waals surface area contributed by atoms with Crippen LogP contribution < -0.4 is 0 Å². The van der Waals surface area contributed by atoms with Crippen molar-refractivity contribution in [3.63, 3.8) is 0 Å². The Morgan fingerprint density at radius 2 is 1.82 bits per heavy atom. The van der Waals surface area contributed by atoms with Crippen LogP contribution in [0.15, 0.2) is 29.2 Å². The molecule has 94 valence electrons. The zero-order chi connectivity index (χ0) is 13.1. The standard InChI is InChI=1S/C11H12F3NOS/c1-8(16)15(2)7-17-10-5-3-9(4-6-10)11(12,13)14/h3-6H,7H2,1-2H3. The number of thioether (sulfide) groups is 1. The molecule has 0 radical (unpaired) electrons. The molecule has 0 fully saturated rings. The van der Waals surface area contributed by atoms with E-state index in [4.69, 9.17) is 0 Å². The highest BCUT2D eigenvalue weighted by Crippen LogP contribution is 2.30. The second-order valence-corrected chi connectivity index (χ2v) is 4.53. The van der Waals surface area contributed by atoms with Crippen molar-refractivity contribution in [2.24, 2.45) is 0 Å². The third kappa shape index (κ3) is 4.30. The Hall–Kier alpha value is -1.17. The van der Waals surface area contributed by atoms with Crippen molar-refractivity contribution in [2.75, 3.05) is 12.9 Å². The molecule has 0 aliphatic heterocycles. The van der Waals surface area contributed by atoms with Crippen molar-refractivity contribution in [1.82, 2.24) is 4.90 Å². The van der Waals surface area contributed by atoms with Crippen LogP contribution in [0.2, 0.25) is 0 Å². The molecule has 2 nitrogen and oxygen atoms in total. The molecule has 0 saturated carbocycles. The van der Waals surface area contributed by atoms with Gasteiger partial charge in [-0.3, -0.25) is 4.79 Å². The average Bonchev–Trinajstić information content (AvgIpc) is 2.25. The van der Waals surface area contributed by atoms with Gasteiger partial charge in [0.2, 0.25) is 5.91 Å². The van der Waals surface area contributed by atoms with Gasteiger partial charge < -0.3 is 4.90 Å². The third-order valence-corrected chi connectivity index (χ3v) is 3.27. The Balaban J connectivity index is 2.60. The smallest absolute Gasteiger partial charge is 0.336 e. The van der Waals surface area contributed by atoms with Gasteiger partial charge in [-0.1, -0.05) is 0 Å². The summed E-state index contributed by atoms with van der Waals surface area (Å²) in [6.45, 7) is 1.44. The van der Waals surface area contributed by atoms with E-state index in [1.54, 1.807) is 7.05 Å². The highest BCUT2D eigenvalue weighted by atomic mass is 32.2. The van der Waals surface area contributed by atoms with E-state index < -0.39 is 11.7 Å². The molecular weight excluding hydrogens is 251 g/mol. The third-order valence-electron chi connectivity index (χ3n) is 2.14. The number of hydrogen-bond acceptors (Lipinski definition) is 2. The molecule has 0 atom stereocenters. The van der Waals surface area contributed by atoms with E-state index in [2.05, 4.69) is 0 Å². The maximum absolute atomic E-state index is 12.3. The van der Waals surface area contributed by atoms with E-state index in [-0.39, 0.29) is 5.91 Å². The van der Waals surface area contributed by atoms with E-state index in [0.29, 0.717) is 10.8 Å². The van der Waals surface area contributed by atoms with Gasteiger partial charge in [0, 0.05) is 18.9 Å². The van der Waals surface area contributed by atoms with Crippen LogP contribution in [0.4, 0.5) is 13.2 Å². The zero-order valence-electron chi connectivity index (χ0n) is 9.41. The minimum absolute atomic E-state index is 0.0792. The summed E-state index contributed by atoms with van der Waals surface area (Å²) in [7, 11) is 1.64. The lowest BCUT2D eigenvalue weighted by Crippen LogP contribution is -2.22. The molecule has 0 unspecified atom stereocenters. The van der Waals surface area contributed by atoms with Gasteiger partial charge in [-0.2, -0.15) is 13.2 Å². The molecule has 1 rings (SSSR count). The summed E-state index contributed by atoms with van der Waals surface area (Å²) >= 11 is 1.31. The molecule has 0 aliphatic rings. The second-order valence-electron chi connectivity index (χ2n) is 3.51. The average molecular weight is 263 g/mol. The first-order valence-electron chi connectivity index (χ1n) is 4.82. The Morgan fingerprint density at radius 3 is 2.24 bits per heavy atom. The molecule has 1 aromatic carbocycles. The minimum atomic E-state index is -4.31. The second kappa shape index (κ2) is 5.44. The predicted octanol–water partition coefficient (Wildman–Crippen LogP) is 3.23. The molecule has 0 spiro atoms. The molecule has 0 heterocycles. The molecular formula is C11H12F3NOS. The number of hydrogen-bond donors (Lipinski definition) is 0. The Bertz CT molecular complexity index is 389. The van der Waals surface area contributed by atoms with E-state index in [1.807, 2.05) is 0 Å². The van der Waals surface area contributed by atoms with Gasteiger partial charge in [0.05, 0.1) is 11.4 Å². The Morgan fingerprint density at radius 1 is 1.29 bits per heavy atom. The van der Waals surface area contributed by atoms with E-state index in [1.165, 1.54) is 35.7 Å². The monoisotopic (exact) mass is 263 g/mol. The molecule has 1 amide bonds. The van der Waals surface area contributed by atoms with Crippen molar-refractivity contribution in [3.8, 4) is 0 Å². The first-order valence-corrected chi connectivity index (χ1v) is 5.81. The lowest BCUT2D eigenvalue weighted by atomic mass is 10.2. The molecule has 0 aromatic heterocycles. The van der Waals surface area contributed by atoms with Crippen molar-refractivity contribution >= 4 is 17.7 Å². The molecule has 17 heavy (non-hydrogen) atoms. The van der Waals surface area contributed by atoms with E-state index in [9.17, 15) is 18.0 Å². The van der Waals surface area contributed by atoms with Crippen molar-refractivity contribution < 1.29 is 18.0 Å². The van der Waals surface area contributed by atoms with Crippen LogP contribution in [0.1, 0.15) is 12.5 Å². The van der Waals surface area contributed by atoms with Crippen molar-refractivity contribution in [1.29, 1.82) is 0 Å². The maximum Gasteiger partial charge on any atom is 0.416 e. The predicted molar refractivity (Wildman–Crippen MR) is 60.6 cm³/mol. The highest BCUT2D eigenvalue weighted by Gasteiger charge is 2.29. The number of amides is 1. The SMILES string of the molecule is CC(=O)N(C)CSc1ccc(C(F)(F)F)cc1. The number of nitrogens with zero attached hydrogens (tertiary/aromatic N) is 1. The van der Waals surface area contributed by atoms with Crippen LogP contribution in [0.5, 0.6) is 0 Å². The first-order chi connectivity index (χ1) is 7.80. The van der Waals surface area contributed by atoms with E-state index >= 15 is 0 Å². The van der Waals surface area contributed by atoms with Crippen molar-refractivity contribution in [3.05, 3.63) is 29.8 Å². The van der Waals surface area contributed by atoms with Crippen LogP contribution in [0.3, 0.4) is 0 Å². The maximum atomic E-state index is 12.3. The molecule has 0 aliphatic carbocycles. The summed E-state index contributed by atoms with van der Waals surface area (Å²) in [6, 6.07) is 4.88. The summed E-state index contributed by atoms with van der Waals surface area (Å²) in [5.74, 6) is 0.338. The van der Waals surface area contributed by atoms with Gasteiger partial charge in [-0.25, -0.2) is 0 Å². The first kappa shape index (κ1) is 13.9. The largest absolute Gasteiger partial charge is 0.416 e. The van der Waals surface area contributed by atoms with Gasteiger partial charge in [0.25, 0.3) is 0 Å². The van der Waals surface area contributed by atoms with Crippen LogP contribution in [-0.4, -0.2) is 23.7 Å². The molecule has 0 bridgehead atoms. The molecule has 0 saturated heterocycles. The number of alkyl halides is 3. The summed E-state index contributed by atoms with van der Waals surface area (Å²) < 4.78 is 36.8. The van der Waals surface area contributed by atoms with Gasteiger partial charge in [0.15, 0.2) is 0 Å². The fourth-order valence-electron chi connectivity index (χ4n) is 1.00. The molecule has 6 heteroatoms. The van der Waals surface area contributed by atoms with Crippen molar-refractivity contribution in [2.45, 2.75) is 18.0 Å². The number of halogens is 3. The van der Waals surface area contributed by atoms with Gasteiger partial charge >= 0.3 is 6.18 Å². The summed E-state index contributed by atoms with van der Waals surface area (Å²) in [5.41, 5.74) is -0.665. The quantitative estimate of drug-likeness (QED) is 0.616. The Labute approximate surface area is 102 Å². The van der Waals surface area contributed by atoms with Crippen LogP contribution in [-0.2, 0) is 11.0 Å². The zero-order valence-corrected chi connectivity index (χ0v) is 10.2. The number of carbonyl (C=O) groups excluding carboxylic acids is 1. The highest BCUT2D eigenvalue weighted by molar-refractivity contribution is 7.99.